The van der Waals surface area contributed by atoms with Crippen LogP contribution in [-0.4, -0.2) is 17.9 Å². The summed E-state index contributed by atoms with van der Waals surface area (Å²) in [7, 11) is 0. The van der Waals surface area contributed by atoms with Gasteiger partial charge in [0.15, 0.2) is 0 Å². The van der Waals surface area contributed by atoms with Crippen LogP contribution in [0.3, 0.4) is 0 Å². The second-order valence-corrected chi connectivity index (χ2v) is 5.67. The Kier molecular flexibility index (Phi) is 8.55. The summed E-state index contributed by atoms with van der Waals surface area (Å²) >= 11 is 0. The van der Waals surface area contributed by atoms with Crippen LogP contribution >= 0.6 is 0 Å². The summed E-state index contributed by atoms with van der Waals surface area (Å²) in [5.74, 6) is -0.590. The molecule has 0 heterocycles. The monoisotopic (exact) mass is 388 g/mol. The fourth-order valence-corrected chi connectivity index (χ4v) is 1.99. The van der Waals surface area contributed by atoms with E-state index in [0.29, 0.717) is 22.8 Å². The SMILES string of the molecule is C=C(C)c1ccc(OC(C)=O)cc1OC(C)=O.CC(=O)Oc1ccc(F)cc1. The first-order chi connectivity index (χ1) is 13.1. The van der Waals surface area contributed by atoms with Crippen LogP contribution in [0.15, 0.2) is 49.0 Å². The molecule has 0 atom stereocenters. The molecule has 6 nitrogen and oxygen atoms in total. The number of hydrogen-bond donors (Lipinski definition) is 0. The number of carbonyl (C=O) groups excluding carboxylic acids is 3. The fourth-order valence-electron chi connectivity index (χ4n) is 1.99. The first-order valence-corrected chi connectivity index (χ1v) is 8.19. The molecule has 28 heavy (non-hydrogen) atoms. The number of rotatable bonds is 4. The van der Waals surface area contributed by atoms with E-state index in [1.165, 1.54) is 51.1 Å². The molecule has 0 unspecified atom stereocenters. The van der Waals surface area contributed by atoms with Crippen LogP contribution in [0.4, 0.5) is 4.39 Å². The molecule has 0 spiro atoms. The highest BCUT2D eigenvalue weighted by Gasteiger charge is 2.10. The van der Waals surface area contributed by atoms with Crippen molar-refractivity contribution in [2.24, 2.45) is 0 Å². The predicted octanol–water partition coefficient (Wildman–Crippen LogP) is 4.32. The molecule has 0 aliphatic heterocycles. The zero-order valence-corrected chi connectivity index (χ0v) is 16.1. The molecule has 2 rings (SSSR count). The van der Waals surface area contributed by atoms with Crippen LogP contribution in [0.5, 0.6) is 17.2 Å². The number of hydrogen-bond acceptors (Lipinski definition) is 6. The smallest absolute Gasteiger partial charge is 0.308 e. The van der Waals surface area contributed by atoms with Crippen molar-refractivity contribution in [2.75, 3.05) is 0 Å². The van der Waals surface area contributed by atoms with Gasteiger partial charge >= 0.3 is 17.9 Å². The van der Waals surface area contributed by atoms with E-state index >= 15 is 0 Å². The standard InChI is InChI=1S/C13H14O4.C8H7FO2/c1-8(2)12-6-5-11(16-9(3)14)7-13(12)17-10(4)15;1-6(10)11-8-4-2-7(9)3-5-8/h5-7H,1H2,2-4H3;2-5H,1H3. The highest BCUT2D eigenvalue weighted by Crippen LogP contribution is 2.29. The zero-order chi connectivity index (χ0) is 21.3. The maximum Gasteiger partial charge on any atom is 0.308 e. The number of halogens is 1. The first kappa shape index (κ1) is 22.6. The molecule has 0 amide bonds. The van der Waals surface area contributed by atoms with Crippen LogP contribution < -0.4 is 14.2 Å². The third kappa shape index (κ3) is 8.27. The molecule has 2 aromatic rings. The maximum absolute atomic E-state index is 12.3. The number of benzene rings is 2. The van der Waals surface area contributed by atoms with Crippen molar-refractivity contribution in [1.29, 1.82) is 0 Å². The van der Waals surface area contributed by atoms with Gasteiger partial charge in [0.1, 0.15) is 23.1 Å². The largest absolute Gasteiger partial charge is 0.427 e. The molecule has 0 aliphatic rings. The Morgan fingerprint density at radius 2 is 1.21 bits per heavy atom. The van der Waals surface area contributed by atoms with E-state index in [0.717, 1.165) is 5.57 Å². The van der Waals surface area contributed by atoms with Crippen molar-refractivity contribution >= 4 is 23.5 Å². The summed E-state index contributed by atoms with van der Waals surface area (Å²) in [4.78, 5) is 32.2. The lowest BCUT2D eigenvalue weighted by Crippen LogP contribution is -2.05. The summed E-state index contributed by atoms with van der Waals surface area (Å²) in [5, 5.41) is 0. The van der Waals surface area contributed by atoms with E-state index in [1.807, 2.05) is 0 Å². The van der Waals surface area contributed by atoms with E-state index in [-0.39, 0.29) is 5.82 Å². The molecule has 148 valence electrons. The van der Waals surface area contributed by atoms with Gasteiger partial charge in [0.25, 0.3) is 0 Å². The van der Waals surface area contributed by atoms with Gasteiger partial charge in [0.05, 0.1) is 0 Å². The van der Waals surface area contributed by atoms with E-state index in [9.17, 15) is 18.8 Å². The lowest BCUT2D eigenvalue weighted by molar-refractivity contribution is -0.133. The van der Waals surface area contributed by atoms with E-state index < -0.39 is 17.9 Å². The summed E-state index contributed by atoms with van der Waals surface area (Å²) in [5.41, 5.74) is 1.46. The van der Waals surface area contributed by atoms with Crippen LogP contribution in [0, 0.1) is 5.82 Å². The van der Waals surface area contributed by atoms with Gasteiger partial charge in [-0.15, -0.1) is 0 Å². The van der Waals surface area contributed by atoms with Gasteiger partial charge in [0.2, 0.25) is 0 Å². The summed E-state index contributed by atoms with van der Waals surface area (Å²) in [6.45, 7) is 9.49. The van der Waals surface area contributed by atoms with Gasteiger partial charge in [-0.2, -0.15) is 0 Å². The minimum Gasteiger partial charge on any atom is -0.427 e. The van der Waals surface area contributed by atoms with Crippen molar-refractivity contribution in [3.05, 3.63) is 60.4 Å². The van der Waals surface area contributed by atoms with Gasteiger partial charge < -0.3 is 14.2 Å². The molecule has 7 heteroatoms. The quantitative estimate of drug-likeness (QED) is 0.573. The Bertz CT molecular complexity index is 871. The minimum absolute atomic E-state index is 0.332. The topological polar surface area (TPSA) is 78.9 Å². The average Bonchev–Trinajstić information content (AvgIpc) is 2.56. The minimum atomic E-state index is -0.438. The van der Waals surface area contributed by atoms with Gasteiger partial charge in [0, 0.05) is 32.4 Å². The Morgan fingerprint density at radius 3 is 1.68 bits per heavy atom. The molecule has 0 aromatic heterocycles. The molecule has 2 aromatic carbocycles. The third-order valence-corrected chi connectivity index (χ3v) is 3.00. The first-order valence-electron chi connectivity index (χ1n) is 8.19. The Hall–Kier alpha value is -3.48. The molecular formula is C21H21FO6. The van der Waals surface area contributed by atoms with E-state index in [2.05, 4.69) is 11.3 Å². The highest BCUT2D eigenvalue weighted by molar-refractivity contribution is 5.76. The number of carbonyl (C=O) groups is 3. The van der Waals surface area contributed by atoms with Crippen LogP contribution in [0.2, 0.25) is 0 Å². The Labute approximate surface area is 162 Å². The van der Waals surface area contributed by atoms with Gasteiger partial charge in [-0.3, -0.25) is 14.4 Å². The number of allylic oxidation sites excluding steroid dienone is 1. The Morgan fingerprint density at radius 1 is 0.750 bits per heavy atom. The van der Waals surface area contributed by atoms with E-state index in [1.54, 1.807) is 19.1 Å². The average molecular weight is 388 g/mol. The van der Waals surface area contributed by atoms with Gasteiger partial charge in [-0.1, -0.05) is 6.58 Å². The molecule has 0 radical (unpaired) electrons. The van der Waals surface area contributed by atoms with Crippen molar-refractivity contribution in [1.82, 2.24) is 0 Å². The molecule has 0 saturated heterocycles. The normalized spacial score (nSPS) is 9.46. The number of ether oxygens (including phenoxy) is 3. The molecule has 0 bridgehead atoms. The van der Waals surface area contributed by atoms with Crippen molar-refractivity contribution in [3.63, 3.8) is 0 Å². The van der Waals surface area contributed by atoms with Crippen molar-refractivity contribution < 1.29 is 33.0 Å². The maximum atomic E-state index is 12.3. The van der Waals surface area contributed by atoms with Crippen LogP contribution in [0.1, 0.15) is 33.3 Å². The molecule has 0 saturated carbocycles. The van der Waals surface area contributed by atoms with Crippen molar-refractivity contribution in [2.45, 2.75) is 27.7 Å². The lowest BCUT2D eigenvalue weighted by atomic mass is 10.1. The van der Waals surface area contributed by atoms with Crippen LogP contribution in [-0.2, 0) is 14.4 Å². The highest BCUT2D eigenvalue weighted by atomic mass is 19.1. The Balaban J connectivity index is 0.000000307. The van der Waals surface area contributed by atoms with E-state index in [4.69, 9.17) is 9.47 Å². The van der Waals surface area contributed by atoms with Gasteiger partial charge in [-0.05, 0) is 48.9 Å². The summed E-state index contributed by atoms with van der Waals surface area (Å²) < 4.78 is 26.9. The molecular weight excluding hydrogens is 367 g/mol. The molecule has 0 aliphatic carbocycles. The lowest BCUT2D eigenvalue weighted by Gasteiger charge is -2.10. The fraction of sp³-hybridized carbons (Fsp3) is 0.190. The second-order valence-electron chi connectivity index (χ2n) is 5.67. The van der Waals surface area contributed by atoms with Gasteiger partial charge in [-0.25, -0.2) is 4.39 Å². The summed E-state index contributed by atoms with van der Waals surface area (Å²) in [6, 6.07) is 10.1. The van der Waals surface area contributed by atoms with Crippen LogP contribution in [0.25, 0.3) is 5.57 Å². The summed E-state index contributed by atoms with van der Waals surface area (Å²) in [6.07, 6.45) is 0. The second kappa shape index (κ2) is 10.6. The molecule has 0 fully saturated rings. The predicted molar refractivity (Wildman–Crippen MR) is 101 cm³/mol. The third-order valence-electron chi connectivity index (χ3n) is 3.00. The van der Waals surface area contributed by atoms with Crippen molar-refractivity contribution in [3.8, 4) is 17.2 Å². The molecule has 0 N–H and O–H groups in total. The number of esters is 3. The zero-order valence-electron chi connectivity index (χ0n) is 16.1.